The van der Waals surface area contributed by atoms with Crippen molar-refractivity contribution < 1.29 is 9.53 Å². The highest BCUT2D eigenvalue weighted by molar-refractivity contribution is 6.02. The number of para-hydroxylation sites is 1. The molecule has 168 valence electrons. The first kappa shape index (κ1) is 22.3. The predicted molar refractivity (Wildman–Crippen MR) is 129 cm³/mol. The average Bonchev–Trinajstić information content (AvgIpc) is 3.28. The largest absolute Gasteiger partial charge is 0.494 e. The number of aryl methyl sites for hydroxylation is 1. The maximum atomic E-state index is 13.0. The number of amides is 1. The molecule has 0 N–H and O–H groups in total. The molecule has 1 amide bonds. The number of piperidine rings is 1. The molecule has 0 bridgehead atoms. The van der Waals surface area contributed by atoms with Crippen molar-refractivity contribution in [3.05, 3.63) is 71.4 Å². The summed E-state index contributed by atoms with van der Waals surface area (Å²) in [7, 11) is 0. The molecular weight excluding hydrogens is 412 g/mol. The first-order valence-electron chi connectivity index (χ1n) is 11.4. The van der Waals surface area contributed by atoms with Gasteiger partial charge < -0.3 is 9.64 Å². The number of likely N-dealkylation sites (tertiary alicyclic amines) is 1. The fourth-order valence-corrected chi connectivity index (χ4v) is 4.11. The molecule has 0 saturated carbocycles. The average molecular weight is 441 g/mol. The summed E-state index contributed by atoms with van der Waals surface area (Å²) < 4.78 is 7.47. The SMILES string of the molecule is CCOc1ccc(-c2nn(-c3ccccc3)cc2/C=C(\C#N)C(=O)N2CCCCC2)cc1C. The van der Waals surface area contributed by atoms with Gasteiger partial charge in [-0.3, -0.25) is 4.79 Å². The van der Waals surface area contributed by atoms with E-state index in [2.05, 4.69) is 6.07 Å². The van der Waals surface area contributed by atoms with Crippen LogP contribution in [0.2, 0.25) is 0 Å². The first-order valence-corrected chi connectivity index (χ1v) is 11.4. The third-order valence-corrected chi connectivity index (χ3v) is 5.81. The van der Waals surface area contributed by atoms with E-state index in [1.807, 2.05) is 68.6 Å². The van der Waals surface area contributed by atoms with Crippen LogP contribution in [0.4, 0.5) is 0 Å². The molecule has 2 heterocycles. The van der Waals surface area contributed by atoms with Crippen molar-refractivity contribution in [1.82, 2.24) is 14.7 Å². The van der Waals surface area contributed by atoms with E-state index in [4.69, 9.17) is 9.84 Å². The molecule has 1 saturated heterocycles. The Morgan fingerprint density at radius 1 is 1.15 bits per heavy atom. The molecule has 1 aromatic heterocycles. The van der Waals surface area contributed by atoms with Gasteiger partial charge in [0.15, 0.2) is 0 Å². The number of benzene rings is 2. The Hall–Kier alpha value is -3.85. The smallest absolute Gasteiger partial charge is 0.264 e. The fourth-order valence-electron chi connectivity index (χ4n) is 4.11. The van der Waals surface area contributed by atoms with Crippen LogP contribution in [0.15, 0.2) is 60.3 Å². The Labute approximate surface area is 194 Å². The van der Waals surface area contributed by atoms with Gasteiger partial charge in [0.1, 0.15) is 23.1 Å². The second-order valence-electron chi connectivity index (χ2n) is 8.15. The summed E-state index contributed by atoms with van der Waals surface area (Å²) in [5.41, 5.74) is 4.38. The van der Waals surface area contributed by atoms with Crippen LogP contribution in [0.1, 0.15) is 37.3 Å². The van der Waals surface area contributed by atoms with E-state index >= 15 is 0 Å². The second kappa shape index (κ2) is 10.2. The Kier molecular flexibility index (Phi) is 6.89. The molecule has 0 atom stereocenters. The van der Waals surface area contributed by atoms with Crippen molar-refractivity contribution in [3.8, 4) is 28.8 Å². The van der Waals surface area contributed by atoms with E-state index < -0.39 is 0 Å². The summed E-state index contributed by atoms with van der Waals surface area (Å²) >= 11 is 0. The number of ether oxygens (including phenoxy) is 1. The maximum absolute atomic E-state index is 13.0. The highest BCUT2D eigenvalue weighted by atomic mass is 16.5. The van der Waals surface area contributed by atoms with E-state index in [-0.39, 0.29) is 11.5 Å². The monoisotopic (exact) mass is 440 g/mol. The van der Waals surface area contributed by atoms with E-state index in [0.29, 0.717) is 25.4 Å². The highest BCUT2D eigenvalue weighted by Crippen LogP contribution is 2.30. The lowest BCUT2D eigenvalue weighted by Gasteiger charge is -2.26. The van der Waals surface area contributed by atoms with Crippen LogP contribution in [0, 0.1) is 18.3 Å². The van der Waals surface area contributed by atoms with Crippen molar-refractivity contribution in [2.75, 3.05) is 19.7 Å². The van der Waals surface area contributed by atoms with Gasteiger partial charge in [-0.15, -0.1) is 0 Å². The lowest BCUT2D eigenvalue weighted by molar-refractivity contribution is -0.127. The number of rotatable bonds is 6. The highest BCUT2D eigenvalue weighted by Gasteiger charge is 2.22. The second-order valence-corrected chi connectivity index (χ2v) is 8.15. The number of hydrogen-bond donors (Lipinski definition) is 0. The van der Waals surface area contributed by atoms with Gasteiger partial charge in [-0.1, -0.05) is 18.2 Å². The molecule has 0 unspecified atom stereocenters. The molecule has 6 heteroatoms. The van der Waals surface area contributed by atoms with Gasteiger partial charge in [0.05, 0.1) is 12.3 Å². The van der Waals surface area contributed by atoms with Gasteiger partial charge in [0.25, 0.3) is 5.91 Å². The number of nitriles is 1. The van der Waals surface area contributed by atoms with Crippen LogP contribution in [-0.4, -0.2) is 40.3 Å². The molecular formula is C27H28N4O2. The van der Waals surface area contributed by atoms with E-state index in [1.54, 1.807) is 15.7 Å². The number of aromatic nitrogens is 2. The molecule has 4 rings (SSSR count). The summed E-state index contributed by atoms with van der Waals surface area (Å²) in [6, 6.07) is 17.9. The third kappa shape index (κ3) is 4.98. The topological polar surface area (TPSA) is 71.1 Å². The molecule has 6 nitrogen and oxygen atoms in total. The molecule has 1 aliphatic heterocycles. The molecule has 1 aliphatic rings. The van der Waals surface area contributed by atoms with Gasteiger partial charge in [-0.05, 0) is 75.1 Å². The van der Waals surface area contributed by atoms with Crippen molar-refractivity contribution in [2.45, 2.75) is 33.1 Å². The quantitative estimate of drug-likeness (QED) is 0.392. The van der Waals surface area contributed by atoms with Gasteiger partial charge >= 0.3 is 0 Å². The number of carbonyl (C=O) groups is 1. The van der Waals surface area contributed by atoms with Crippen molar-refractivity contribution >= 4 is 12.0 Å². The molecule has 33 heavy (non-hydrogen) atoms. The van der Waals surface area contributed by atoms with E-state index in [0.717, 1.165) is 47.4 Å². The summed E-state index contributed by atoms with van der Waals surface area (Å²) in [4.78, 5) is 14.8. The summed E-state index contributed by atoms with van der Waals surface area (Å²) in [5.74, 6) is 0.623. The Balaban J connectivity index is 1.78. The van der Waals surface area contributed by atoms with Crippen LogP contribution in [0.3, 0.4) is 0 Å². The Bertz CT molecular complexity index is 1200. The third-order valence-electron chi connectivity index (χ3n) is 5.81. The van der Waals surface area contributed by atoms with Crippen LogP contribution < -0.4 is 4.74 Å². The Morgan fingerprint density at radius 2 is 1.91 bits per heavy atom. The van der Waals surface area contributed by atoms with Crippen molar-refractivity contribution in [2.24, 2.45) is 0 Å². The summed E-state index contributed by atoms with van der Waals surface area (Å²) in [6.45, 7) is 5.96. The van der Waals surface area contributed by atoms with Crippen LogP contribution >= 0.6 is 0 Å². The molecule has 0 spiro atoms. The molecule has 3 aromatic rings. The molecule has 1 fully saturated rings. The number of carbonyl (C=O) groups excluding carboxylic acids is 1. The van der Waals surface area contributed by atoms with Gasteiger partial charge in [0, 0.05) is 30.4 Å². The fraction of sp³-hybridized carbons (Fsp3) is 0.296. The number of hydrogen-bond acceptors (Lipinski definition) is 4. The Morgan fingerprint density at radius 3 is 2.58 bits per heavy atom. The lowest BCUT2D eigenvalue weighted by Crippen LogP contribution is -2.36. The zero-order chi connectivity index (χ0) is 23.2. The minimum absolute atomic E-state index is 0.133. The van der Waals surface area contributed by atoms with Gasteiger partial charge in [-0.25, -0.2) is 4.68 Å². The number of nitrogens with zero attached hydrogens (tertiary/aromatic N) is 4. The standard InChI is InChI=1S/C27H28N4O2/c1-3-33-25-13-12-21(16-20(25)2)26-23(19-31(29-26)24-10-6-4-7-11-24)17-22(18-28)27(32)30-14-8-5-9-15-30/h4,6-7,10-13,16-17,19H,3,5,8-9,14-15H2,1-2H3/b22-17+. The predicted octanol–water partition coefficient (Wildman–Crippen LogP) is 5.17. The van der Waals surface area contributed by atoms with E-state index in [9.17, 15) is 10.1 Å². The van der Waals surface area contributed by atoms with E-state index in [1.165, 1.54) is 0 Å². The maximum Gasteiger partial charge on any atom is 0.264 e. The van der Waals surface area contributed by atoms with Gasteiger partial charge in [0.2, 0.25) is 0 Å². The van der Waals surface area contributed by atoms with Crippen molar-refractivity contribution in [1.29, 1.82) is 5.26 Å². The van der Waals surface area contributed by atoms with Crippen LogP contribution in [-0.2, 0) is 4.79 Å². The van der Waals surface area contributed by atoms with Crippen molar-refractivity contribution in [3.63, 3.8) is 0 Å². The first-order chi connectivity index (χ1) is 16.1. The minimum Gasteiger partial charge on any atom is -0.494 e. The zero-order valence-electron chi connectivity index (χ0n) is 19.1. The van der Waals surface area contributed by atoms with Gasteiger partial charge in [-0.2, -0.15) is 10.4 Å². The molecule has 2 aromatic carbocycles. The minimum atomic E-state index is -0.210. The summed E-state index contributed by atoms with van der Waals surface area (Å²) in [5, 5.41) is 14.6. The normalized spacial score (nSPS) is 14.1. The molecule has 0 aliphatic carbocycles. The zero-order valence-corrected chi connectivity index (χ0v) is 19.1. The summed E-state index contributed by atoms with van der Waals surface area (Å²) in [6.07, 6.45) is 6.63. The molecule has 0 radical (unpaired) electrons. The lowest BCUT2D eigenvalue weighted by atomic mass is 10.0. The van der Waals surface area contributed by atoms with Crippen LogP contribution in [0.5, 0.6) is 5.75 Å². The van der Waals surface area contributed by atoms with Crippen LogP contribution in [0.25, 0.3) is 23.0 Å².